The number of unbranched alkanes of at least 4 members (excludes halogenated alkanes) is 1. The van der Waals surface area contributed by atoms with E-state index in [-0.39, 0.29) is 6.03 Å². The second kappa shape index (κ2) is 12.9. The number of para-hydroxylation sites is 1. The molecule has 1 heterocycles. The minimum absolute atomic E-state index is 0.154. The van der Waals surface area contributed by atoms with Gasteiger partial charge in [0.1, 0.15) is 6.29 Å². The Morgan fingerprint density at radius 1 is 1.16 bits per heavy atom. The van der Waals surface area contributed by atoms with E-state index in [0.29, 0.717) is 47.6 Å². The van der Waals surface area contributed by atoms with E-state index in [0.717, 1.165) is 24.8 Å². The number of benzene rings is 2. The molecule has 1 aliphatic heterocycles. The van der Waals surface area contributed by atoms with Crippen LogP contribution in [0.25, 0.3) is 0 Å². The third-order valence-electron chi connectivity index (χ3n) is 5.05. The molecule has 31 heavy (non-hydrogen) atoms. The molecule has 2 amide bonds. The molecule has 2 aromatic carbocycles. The number of nitrogens with one attached hydrogen (secondary N) is 2. The molecule has 1 aliphatic rings. The van der Waals surface area contributed by atoms with Gasteiger partial charge in [-0.1, -0.05) is 41.4 Å². The summed E-state index contributed by atoms with van der Waals surface area (Å²) in [6.45, 7) is 1.43. The minimum Gasteiger partial charge on any atom is -0.388 e. The van der Waals surface area contributed by atoms with Gasteiger partial charge in [-0.25, -0.2) is 4.79 Å². The number of carbonyl (C=O) groups is 2. The summed E-state index contributed by atoms with van der Waals surface area (Å²) >= 11 is 12.2. The van der Waals surface area contributed by atoms with E-state index in [1.807, 2.05) is 11.9 Å². The van der Waals surface area contributed by atoms with Gasteiger partial charge in [0.15, 0.2) is 0 Å². The number of nitrogens with zero attached hydrogens (tertiary/aromatic N) is 1. The zero-order chi connectivity index (χ0) is 22.6. The van der Waals surface area contributed by atoms with Crippen LogP contribution in [-0.4, -0.2) is 37.4 Å². The lowest BCUT2D eigenvalue weighted by molar-refractivity contribution is -0.107. The molecule has 0 spiro atoms. The maximum Gasteiger partial charge on any atom is 0.321 e. The molecule has 0 saturated carbocycles. The van der Waals surface area contributed by atoms with E-state index in [1.165, 1.54) is 5.56 Å². The lowest BCUT2D eigenvalue weighted by Crippen LogP contribution is -2.40. The number of rotatable bonds is 5. The molecule has 2 N–H and O–H groups in total. The Hall–Kier alpha value is -2.68. The summed E-state index contributed by atoms with van der Waals surface area (Å²) in [5, 5.41) is 6.85. The summed E-state index contributed by atoms with van der Waals surface area (Å²) in [6, 6.07) is 13.5. The van der Waals surface area contributed by atoms with Crippen molar-refractivity contribution in [1.82, 2.24) is 4.90 Å². The van der Waals surface area contributed by atoms with Crippen LogP contribution in [0.15, 0.2) is 42.5 Å². The van der Waals surface area contributed by atoms with Crippen LogP contribution >= 0.6 is 23.2 Å². The van der Waals surface area contributed by atoms with Crippen molar-refractivity contribution >= 4 is 46.9 Å². The number of amides is 2. The first-order valence-corrected chi connectivity index (χ1v) is 10.9. The predicted molar refractivity (Wildman–Crippen MR) is 129 cm³/mol. The van der Waals surface area contributed by atoms with Gasteiger partial charge in [0, 0.05) is 38.7 Å². The molecule has 164 valence electrons. The average molecular weight is 460 g/mol. The molecule has 7 heteroatoms. The predicted octanol–water partition coefficient (Wildman–Crippen LogP) is 6.05. The number of likely N-dealkylation sites (tertiary alicyclic amines) is 1. The number of carbonyl (C=O) groups excluding carboxylic acids is 2. The normalized spacial score (nSPS) is 13.4. The van der Waals surface area contributed by atoms with Gasteiger partial charge in [-0.2, -0.15) is 0 Å². The number of halogens is 2. The van der Waals surface area contributed by atoms with E-state index >= 15 is 0 Å². The number of anilines is 2. The van der Waals surface area contributed by atoms with Crippen LogP contribution in [0.5, 0.6) is 0 Å². The standard InChI is InChI=1S/C19H21Cl2N3O.C5H6O/c1-22-15-7-5-13(6-8-15)14-9-11-24(12-10-14)19(25)23-18-16(20)3-2-4-17(18)21;1-2-3-4-5-6/h2-8,14,22H,9-12H2,1H3,(H,23,25);1,5H,3-4H2. The number of urea groups is 1. The summed E-state index contributed by atoms with van der Waals surface area (Å²) in [6.07, 6.45) is 8.59. The second-order valence-corrected chi connectivity index (χ2v) is 7.88. The molecular formula is C24H27Cl2N3O2. The van der Waals surface area contributed by atoms with Crippen molar-refractivity contribution in [2.45, 2.75) is 31.6 Å². The van der Waals surface area contributed by atoms with Gasteiger partial charge in [-0.3, -0.25) is 0 Å². The van der Waals surface area contributed by atoms with Crippen LogP contribution in [-0.2, 0) is 4.79 Å². The second-order valence-electron chi connectivity index (χ2n) is 7.07. The highest BCUT2D eigenvalue weighted by molar-refractivity contribution is 6.39. The fraction of sp³-hybridized carbons (Fsp3) is 0.333. The van der Waals surface area contributed by atoms with Gasteiger partial charge in [0.05, 0.1) is 15.7 Å². The van der Waals surface area contributed by atoms with E-state index in [1.54, 1.807) is 18.2 Å². The lowest BCUT2D eigenvalue weighted by atomic mass is 9.89. The highest BCUT2D eigenvalue weighted by Gasteiger charge is 2.24. The summed E-state index contributed by atoms with van der Waals surface area (Å²) < 4.78 is 0. The molecular weight excluding hydrogens is 433 g/mol. The maximum absolute atomic E-state index is 12.5. The molecule has 0 bridgehead atoms. The van der Waals surface area contributed by atoms with Crippen molar-refractivity contribution in [3.05, 3.63) is 58.1 Å². The Labute approximate surface area is 194 Å². The molecule has 0 atom stereocenters. The fourth-order valence-electron chi connectivity index (χ4n) is 3.28. The largest absolute Gasteiger partial charge is 0.388 e. The molecule has 2 aromatic rings. The fourth-order valence-corrected chi connectivity index (χ4v) is 3.78. The van der Waals surface area contributed by atoms with Crippen LogP contribution in [0.4, 0.5) is 16.2 Å². The smallest absolute Gasteiger partial charge is 0.321 e. The van der Waals surface area contributed by atoms with E-state index in [4.69, 9.17) is 29.6 Å². The van der Waals surface area contributed by atoms with Gasteiger partial charge < -0.3 is 20.3 Å². The SMILES string of the molecule is C#CCCC=O.CNc1ccc(C2CCN(C(=O)Nc3c(Cl)cccc3Cl)CC2)cc1. The van der Waals surface area contributed by atoms with E-state index in [2.05, 4.69) is 40.8 Å². The monoisotopic (exact) mass is 459 g/mol. The highest BCUT2D eigenvalue weighted by Crippen LogP contribution is 2.32. The quantitative estimate of drug-likeness (QED) is 0.325. The summed E-state index contributed by atoms with van der Waals surface area (Å²) in [5.41, 5.74) is 2.91. The summed E-state index contributed by atoms with van der Waals surface area (Å²) in [5.74, 6) is 2.82. The Morgan fingerprint density at radius 2 is 1.77 bits per heavy atom. The molecule has 0 aromatic heterocycles. The van der Waals surface area contributed by atoms with Crippen LogP contribution < -0.4 is 10.6 Å². The van der Waals surface area contributed by atoms with Gasteiger partial charge in [0.25, 0.3) is 0 Å². The number of terminal acetylenes is 1. The van der Waals surface area contributed by atoms with Gasteiger partial charge in [-0.15, -0.1) is 12.3 Å². The third kappa shape index (κ3) is 7.50. The minimum atomic E-state index is -0.154. The molecule has 5 nitrogen and oxygen atoms in total. The van der Waals surface area contributed by atoms with E-state index < -0.39 is 0 Å². The van der Waals surface area contributed by atoms with Crippen molar-refractivity contribution in [2.24, 2.45) is 0 Å². The molecule has 1 fully saturated rings. The van der Waals surface area contributed by atoms with Crippen LogP contribution in [0.2, 0.25) is 10.0 Å². The molecule has 0 aliphatic carbocycles. The zero-order valence-electron chi connectivity index (χ0n) is 17.5. The first-order valence-electron chi connectivity index (χ1n) is 10.1. The van der Waals surface area contributed by atoms with Crippen LogP contribution in [0.3, 0.4) is 0 Å². The van der Waals surface area contributed by atoms with E-state index in [9.17, 15) is 9.59 Å². The van der Waals surface area contributed by atoms with Crippen molar-refractivity contribution in [2.75, 3.05) is 30.8 Å². The molecule has 1 saturated heterocycles. The Kier molecular flexibility index (Phi) is 10.2. The molecule has 0 unspecified atom stereocenters. The van der Waals surface area contributed by atoms with Crippen molar-refractivity contribution in [3.63, 3.8) is 0 Å². The van der Waals surface area contributed by atoms with Gasteiger partial charge >= 0.3 is 6.03 Å². The number of aldehydes is 1. The zero-order valence-corrected chi connectivity index (χ0v) is 19.0. The number of hydrogen-bond donors (Lipinski definition) is 2. The topological polar surface area (TPSA) is 61.4 Å². The third-order valence-corrected chi connectivity index (χ3v) is 5.68. The lowest BCUT2D eigenvalue weighted by Gasteiger charge is -2.32. The Bertz CT molecular complexity index is 882. The maximum atomic E-state index is 12.5. The Balaban J connectivity index is 0.000000501. The first kappa shape index (κ1) is 24.6. The van der Waals surface area contributed by atoms with Crippen molar-refractivity contribution in [3.8, 4) is 12.3 Å². The average Bonchev–Trinajstić information content (AvgIpc) is 2.80. The van der Waals surface area contributed by atoms with Crippen LogP contribution in [0.1, 0.15) is 37.2 Å². The highest BCUT2D eigenvalue weighted by atomic mass is 35.5. The number of hydrogen-bond acceptors (Lipinski definition) is 3. The summed E-state index contributed by atoms with van der Waals surface area (Å²) in [7, 11) is 1.91. The summed E-state index contributed by atoms with van der Waals surface area (Å²) in [4.78, 5) is 23.8. The van der Waals surface area contributed by atoms with Crippen molar-refractivity contribution < 1.29 is 9.59 Å². The van der Waals surface area contributed by atoms with Crippen LogP contribution in [0, 0.1) is 12.3 Å². The molecule has 3 rings (SSSR count). The number of piperidine rings is 1. The van der Waals surface area contributed by atoms with Crippen molar-refractivity contribution in [1.29, 1.82) is 0 Å². The molecule has 0 radical (unpaired) electrons. The van der Waals surface area contributed by atoms with Gasteiger partial charge in [-0.05, 0) is 48.6 Å². The first-order chi connectivity index (χ1) is 15.0. The Morgan fingerprint density at radius 3 is 2.26 bits per heavy atom. The van der Waals surface area contributed by atoms with Gasteiger partial charge in [0.2, 0.25) is 0 Å².